The summed E-state index contributed by atoms with van der Waals surface area (Å²) in [6.07, 6.45) is 3.38. The molecule has 23 heavy (non-hydrogen) atoms. The largest absolute Gasteiger partial charge is 0.346 e. The molecule has 120 valence electrons. The zero-order valence-electron chi connectivity index (χ0n) is 12.2. The van der Waals surface area contributed by atoms with Crippen molar-refractivity contribution in [1.29, 1.82) is 0 Å². The molecule has 0 spiro atoms. The lowest BCUT2D eigenvalue weighted by Crippen LogP contribution is -2.42. The summed E-state index contributed by atoms with van der Waals surface area (Å²) in [6.45, 7) is 0. The van der Waals surface area contributed by atoms with Gasteiger partial charge in [0.1, 0.15) is 0 Å². The van der Waals surface area contributed by atoms with Gasteiger partial charge in [0.15, 0.2) is 4.34 Å². The van der Waals surface area contributed by atoms with Crippen molar-refractivity contribution in [2.75, 3.05) is 0 Å². The summed E-state index contributed by atoms with van der Waals surface area (Å²) in [5.74, 6) is -0.121. The fourth-order valence-electron chi connectivity index (χ4n) is 3.16. The number of fused-ring (bicyclic) bond motifs is 2. The summed E-state index contributed by atoms with van der Waals surface area (Å²) < 4.78 is 0.753. The van der Waals surface area contributed by atoms with E-state index in [4.69, 9.17) is 11.6 Å². The van der Waals surface area contributed by atoms with Gasteiger partial charge in [0.05, 0.1) is 0 Å². The summed E-state index contributed by atoms with van der Waals surface area (Å²) in [5.41, 5.74) is 0. The minimum atomic E-state index is -0.121. The molecule has 2 aromatic rings. The Kier molecular flexibility index (Phi) is 4.27. The fourth-order valence-corrected chi connectivity index (χ4v) is 5.01. The molecule has 2 aliphatic heterocycles. The minimum absolute atomic E-state index is 0.121. The second-order valence-corrected chi connectivity index (χ2v) is 8.53. The number of hydrogen-bond donors (Lipinski definition) is 2. The molecule has 0 aliphatic carbocycles. The van der Waals surface area contributed by atoms with Crippen molar-refractivity contribution in [3.8, 4) is 0 Å². The zero-order chi connectivity index (χ0) is 15.8. The molecule has 3 atom stereocenters. The zero-order valence-corrected chi connectivity index (χ0v) is 14.5. The van der Waals surface area contributed by atoms with E-state index in [1.807, 2.05) is 24.3 Å². The number of nitrogens with one attached hydrogen (secondary N) is 2. The number of halogens is 1. The SMILES string of the molecule is O=C(N[C@@H]1C[C@H]2CC[C@@H]1N2)c1nnc(Sc2ccc(Cl)cc2)s1. The lowest BCUT2D eigenvalue weighted by molar-refractivity contribution is 0.0930. The predicted octanol–water partition coefficient (Wildman–Crippen LogP) is 2.97. The first-order chi connectivity index (χ1) is 11.2. The number of aromatic nitrogens is 2. The van der Waals surface area contributed by atoms with Crippen LogP contribution in [-0.2, 0) is 0 Å². The first-order valence-electron chi connectivity index (χ1n) is 7.51. The summed E-state index contributed by atoms with van der Waals surface area (Å²) >= 11 is 8.68. The molecule has 1 amide bonds. The molecule has 0 unspecified atom stereocenters. The van der Waals surface area contributed by atoms with Crippen LogP contribution in [0.25, 0.3) is 0 Å². The van der Waals surface area contributed by atoms with Crippen molar-refractivity contribution < 1.29 is 4.79 Å². The van der Waals surface area contributed by atoms with Gasteiger partial charge in [0.25, 0.3) is 5.91 Å². The van der Waals surface area contributed by atoms with Crippen LogP contribution in [0.2, 0.25) is 5.02 Å². The Balaban J connectivity index is 1.39. The van der Waals surface area contributed by atoms with Gasteiger partial charge in [-0.1, -0.05) is 34.7 Å². The number of carbonyl (C=O) groups excluding carboxylic acids is 1. The van der Waals surface area contributed by atoms with Crippen LogP contribution in [-0.4, -0.2) is 34.2 Å². The van der Waals surface area contributed by atoms with Crippen LogP contribution in [0.1, 0.15) is 29.1 Å². The number of benzene rings is 1. The second kappa shape index (κ2) is 6.39. The second-order valence-electron chi connectivity index (χ2n) is 5.79. The van der Waals surface area contributed by atoms with Crippen molar-refractivity contribution in [1.82, 2.24) is 20.8 Å². The molecular formula is C15H15ClN4OS2. The Hall–Kier alpha value is -1.15. The van der Waals surface area contributed by atoms with Crippen LogP contribution in [0.5, 0.6) is 0 Å². The molecule has 2 bridgehead atoms. The Morgan fingerprint density at radius 2 is 2.13 bits per heavy atom. The van der Waals surface area contributed by atoms with E-state index in [1.54, 1.807) is 0 Å². The number of amides is 1. The molecule has 0 saturated carbocycles. The highest BCUT2D eigenvalue weighted by molar-refractivity contribution is 8.01. The quantitative estimate of drug-likeness (QED) is 0.870. The van der Waals surface area contributed by atoms with Gasteiger partial charge in [-0.3, -0.25) is 4.79 Å². The highest BCUT2D eigenvalue weighted by Gasteiger charge is 2.40. The lowest BCUT2D eigenvalue weighted by atomic mass is 9.95. The van der Waals surface area contributed by atoms with E-state index in [0.717, 1.165) is 22.1 Å². The van der Waals surface area contributed by atoms with Crippen LogP contribution >= 0.6 is 34.7 Å². The molecule has 2 saturated heterocycles. The van der Waals surface area contributed by atoms with E-state index in [9.17, 15) is 4.79 Å². The molecule has 3 heterocycles. The van der Waals surface area contributed by atoms with Gasteiger partial charge < -0.3 is 10.6 Å². The molecule has 2 fully saturated rings. The normalized spacial score (nSPS) is 25.7. The molecular weight excluding hydrogens is 352 g/mol. The van der Waals surface area contributed by atoms with Crippen LogP contribution in [0.15, 0.2) is 33.5 Å². The van der Waals surface area contributed by atoms with Crippen LogP contribution in [0.3, 0.4) is 0 Å². The van der Waals surface area contributed by atoms with Gasteiger partial charge in [-0.25, -0.2) is 0 Å². The van der Waals surface area contributed by atoms with Gasteiger partial charge >= 0.3 is 0 Å². The Morgan fingerprint density at radius 1 is 1.30 bits per heavy atom. The van der Waals surface area contributed by atoms with Crippen molar-refractivity contribution in [2.24, 2.45) is 0 Å². The highest BCUT2D eigenvalue weighted by atomic mass is 35.5. The number of carbonyl (C=O) groups is 1. The number of hydrogen-bond acceptors (Lipinski definition) is 6. The van der Waals surface area contributed by atoms with E-state index in [0.29, 0.717) is 22.1 Å². The summed E-state index contributed by atoms with van der Waals surface area (Å²) in [6, 6.07) is 8.72. The van der Waals surface area contributed by atoms with E-state index in [1.165, 1.54) is 29.5 Å². The Morgan fingerprint density at radius 3 is 2.83 bits per heavy atom. The first-order valence-corrected chi connectivity index (χ1v) is 9.52. The number of rotatable bonds is 4. The van der Waals surface area contributed by atoms with Gasteiger partial charge in [-0.05, 0) is 43.5 Å². The van der Waals surface area contributed by atoms with Crippen molar-refractivity contribution >= 4 is 40.6 Å². The summed E-state index contributed by atoms with van der Waals surface area (Å²) in [5, 5.41) is 15.8. The molecule has 5 nitrogen and oxygen atoms in total. The third-order valence-corrected chi connectivity index (χ3v) is 6.47. The molecule has 1 aromatic heterocycles. The maximum absolute atomic E-state index is 12.3. The van der Waals surface area contributed by atoms with Crippen LogP contribution in [0.4, 0.5) is 0 Å². The molecule has 2 N–H and O–H groups in total. The lowest BCUT2D eigenvalue weighted by Gasteiger charge is -2.20. The van der Waals surface area contributed by atoms with Crippen molar-refractivity contribution in [3.05, 3.63) is 34.3 Å². The molecule has 0 radical (unpaired) electrons. The maximum atomic E-state index is 12.3. The molecule has 8 heteroatoms. The smallest absolute Gasteiger partial charge is 0.282 e. The monoisotopic (exact) mass is 366 g/mol. The van der Waals surface area contributed by atoms with E-state index in [2.05, 4.69) is 20.8 Å². The topological polar surface area (TPSA) is 66.9 Å². The minimum Gasteiger partial charge on any atom is -0.346 e. The summed E-state index contributed by atoms with van der Waals surface area (Å²) in [7, 11) is 0. The van der Waals surface area contributed by atoms with E-state index < -0.39 is 0 Å². The van der Waals surface area contributed by atoms with Gasteiger partial charge in [-0.2, -0.15) is 0 Å². The molecule has 4 rings (SSSR count). The Labute approximate surface area is 147 Å². The fraction of sp³-hybridized carbons (Fsp3) is 0.400. The first kappa shape index (κ1) is 15.4. The van der Waals surface area contributed by atoms with Gasteiger partial charge in [-0.15, -0.1) is 10.2 Å². The Bertz CT molecular complexity index is 721. The van der Waals surface area contributed by atoms with E-state index in [-0.39, 0.29) is 11.9 Å². The van der Waals surface area contributed by atoms with Crippen molar-refractivity contribution in [2.45, 2.75) is 46.6 Å². The maximum Gasteiger partial charge on any atom is 0.282 e. The van der Waals surface area contributed by atoms with Gasteiger partial charge in [0.2, 0.25) is 5.01 Å². The number of nitrogens with zero attached hydrogens (tertiary/aromatic N) is 2. The van der Waals surface area contributed by atoms with E-state index >= 15 is 0 Å². The molecule has 1 aromatic carbocycles. The van der Waals surface area contributed by atoms with Gasteiger partial charge in [0, 0.05) is 28.0 Å². The van der Waals surface area contributed by atoms with Crippen LogP contribution in [0, 0.1) is 0 Å². The third kappa shape index (κ3) is 3.38. The summed E-state index contributed by atoms with van der Waals surface area (Å²) in [4.78, 5) is 13.4. The standard InChI is InChI=1S/C15H15ClN4OS2/c16-8-1-4-10(5-2-8)22-15-20-19-14(23-15)13(21)18-12-7-9-3-6-11(12)17-9/h1-2,4-5,9,11-12,17H,3,6-7H2,(H,18,21)/t9-,11+,12-/m1/s1. The highest BCUT2D eigenvalue weighted by Crippen LogP contribution is 2.31. The predicted molar refractivity (Wildman–Crippen MR) is 91.3 cm³/mol. The average Bonchev–Trinajstić information content (AvgIpc) is 3.26. The van der Waals surface area contributed by atoms with Crippen LogP contribution < -0.4 is 10.6 Å². The molecule has 2 aliphatic rings. The average molecular weight is 367 g/mol. The van der Waals surface area contributed by atoms with Crippen molar-refractivity contribution in [3.63, 3.8) is 0 Å². The third-order valence-electron chi connectivity index (χ3n) is 4.24.